The van der Waals surface area contributed by atoms with E-state index in [-0.39, 0.29) is 11.7 Å². The molecule has 0 bridgehead atoms. The second-order valence-corrected chi connectivity index (χ2v) is 3.22. The van der Waals surface area contributed by atoms with Gasteiger partial charge in [0.2, 0.25) is 11.7 Å². The fourth-order valence-electron chi connectivity index (χ4n) is 1.53. The molecule has 0 atom stereocenters. The summed E-state index contributed by atoms with van der Waals surface area (Å²) in [5.41, 5.74) is 0.466. The Balaban J connectivity index is 2.81. The van der Waals surface area contributed by atoms with Crippen LogP contribution < -0.4 is 9.47 Å². The molecular weight excluding hydrogens is 224 g/mol. The van der Waals surface area contributed by atoms with Gasteiger partial charge in [0, 0.05) is 0 Å². The largest absolute Gasteiger partial charge is 0.496 e. The summed E-state index contributed by atoms with van der Waals surface area (Å²) in [6.45, 7) is 0. The maximum Gasteiger partial charge on any atom is 0.374 e. The predicted molar refractivity (Wildman–Crippen MR) is 59.6 cm³/mol. The van der Waals surface area contributed by atoms with Crippen molar-refractivity contribution in [3.8, 4) is 11.6 Å². The highest BCUT2D eigenvalue weighted by Gasteiger charge is 2.16. The summed E-state index contributed by atoms with van der Waals surface area (Å²) in [5, 5.41) is 9.44. The Kier molecular flexibility index (Phi) is 2.78. The minimum absolute atomic E-state index is 0.185. The van der Waals surface area contributed by atoms with Crippen LogP contribution >= 0.6 is 0 Å². The van der Waals surface area contributed by atoms with Crippen LogP contribution in [0.4, 0.5) is 0 Å². The van der Waals surface area contributed by atoms with Gasteiger partial charge in [-0.3, -0.25) is 0 Å². The fraction of sp³-hybridized carbons (Fsp3) is 0.182. The van der Waals surface area contributed by atoms with Crippen molar-refractivity contribution in [1.82, 2.24) is 9.97 Å². The lowest BCUT2D eigenvalue weighted by Gasteiger charge is -2.08. The van der Waals surface area contributed by atoms with E-state index in [0.717, 1.165) is 0 Å². The van der Waals surface area contributed by atoms with E-state index in [0.29, 0.717) is 16.7 Å². The van der Waals surface area contributed by atoms with Gasteiger partial charge in [0.05, 0.1) is 19.7 Å². The number of hydrogen-bond acceptors (Lipinski definition) is 5. The number of aromatic nitrogens is 2. The molecule has 6 nitrogen and oxygen atoms in total. The molecule has 88 valence electrons. The van der Waals surface area contributed by atoms with Crippen molar-refractivity contribution in [2.24, 2.45) is 0 Å². The number of fused-ring (bicyclic) bond motifs is 1. The third-order valence-electron chi connectivity index (χ3n) is 2.26. The van der Waals surface area contributed by atoms with Crippen molar-refractivity contribution in [2.45, 2.75) is 0 Å². The number of ether oxygens (including phenoxy) is 2. The second kappa shape index (κ2) is 4.25. The van der Waals surface area contributed by atoms with Crippen LogP contribution in [0.15, 0.2) is 18.2 Å². The molecule has 0 radical (unpaired) electrons. The minimum atomic E-state index is -1.20. The number of carbonyl (C=O) groups is 1. The zero-order valence-corrected chi connectivity index (χ0v) is 9.30. The first kappa shape index (κ1) is 11.1. The Bertz CT molecular complexity index is 583. The molecule has 2 rings (SSSR count). The summed E-state index contributed by atoms with van der Waals surface area (Å²) in [6.07, 6.45) is 0. The van der Waals surface area contributed by atoms with Crippen molar-refractivity contribution in [1.29, 1.82) is 0 Å². The van der Waals surface area contributed by atoms with Crippen LogP contribution in [0.25, 0.3) is 10.9 Å². The molecule has 1 heterocycles. The number of benzene rings is 1. The molecule has 17 heavy (non-hydrogen) atoms. The molecule has 1 N–H and O–H groups in total. The fourth-order valence-corrected chi connectivity index (χ4v) is 1.53. The van der Waals surface area contributed by atoms with E-state index >= 15 is 0 Å². The van der Waals surface area contributed by atoms with Crippen LogP contribution in [-0.4, -0.2) is 35.3 Å². The van der Waals surface area contributed by atoms with Crippen LogP contribution in [-0.2, 0) is 0 Å². The van der Waals surface area contributed by atoms with Crippen molar-refractivity contribution >= 4 is 16.9 Å². The zero-order chi connectivity index (χ0) is 12.4. The number of carboxylic acid groups (broad SMARTS) is 1. The van der Waals surface area contributed by atoms with Crippen molar-refractivity contribution in [3.63, 3.8) is 0 Å². The van der Waals surface area contributed by atoms with Crippen molar-refractivity contribution in [2.75, 3.05) is 14.2 Å². The van der Waals surface area contributed by atoms with Crippen LogP contribution in [0, 0.1) is 0 Å². The maximum absolute atomic E-state index is 10.9. The minimum Gasteiger partial charge on any atom is -0.496 e. The summed E-state index contributed by atoms with van der Waals surface area (Å²) >= 11 is 0. The lowest BCUT2D eigenvalue weighted by atomic mass is 10.2. The van der Waals surface area contributed by atoms with Crippen molar-refractivity contribution < 1.29 is 19.4 Å². The van der Waals surface area contributed by atoms with E-state index < -0.39 is 5.97 Å². The molecule has 1 aromatic carbocycles. The highest BCUT2D eigenvalue weighted by atomic mass is 16.5. The Morgan fingerprint density at radius 1 is 1.24 bits per heavy atom. The Morgan fingerprint density at radius 3 is 2.59 bits per heavy atom. The van der Waals surface area contributed by atoms with Crippen LogP contribution in [0.1, 0.15) is 10.6 Å². The van der Waals surface area contributed by atoms with Gasteiger partial charge < -0.3 is 14.6 Å². The SMILES string of the molecule is COc1cccc2nc(C(=O)O)nc(OC)c12. The van der Waals surface area contributed by atoms with E-state index in [1.807, 2.05) is 0 Å². The number of methoxy groups -OCH3 is 2. The first-order valence-electron chi connectivity index (χ1n) is 4.79. The lowest BCUT2D eigenvalue weighted by molar-refractivity contribution is 0.0683. The number of rotatable bonds is 3. The van der Waals surface area contributed by atoms with Gasteiger partial charge in [-0.1, -0.05) is 6.07 Å². The van der Waals surface area contributed by atoms with E-state index in [4.69, 9.17) is 14.6 Å². The first-order chi connectivity index (χ1) is 8.17. The lowest BCUT2D eigenvalue weighted by Crippen LogP contribution is -2.06. The highest BCUT2D eigenvalue weighted by Crippen LogP contribution is 2.31. The Labute approximate surface area is 96.8 Å². The average molecular weight is 234 g/mol. The van der Waals surface area contributed by atoms with Gasteiger partial charge in [-0.25, -0.2) is 9.78 Å². The predicted octanol–water partition coefficient (Wildman–Crippen LogP) is 1.35. The first-order valence-corrected chi connectivity index (χ1v) is 4.79. The second-order valence-electron chi connectivity index (χ2n) is 3.22. The molecule has 0 amide bonds. The molecule has 0 aliphatic rings. The smallest absolute Gasteiger partial charge is 0.374 e. The molecular formula is C11H10N2O4. The van der Waals surface area contributed by atoms with Gasteiger partial charge in [0.25, 0.3) is 0 Å². The van der Waals surface area contributed by atoms with E-state index in [1.54, 1.807) is 18.2 Å². The van der Waals surface area contributed by atoms with Gasteiger partial charge in [-0.2, -0.15) is 4.98 Å². The summed E-state index contributed by atoms with van der Waals surface area (Å²) < 4.78 is 10.2. The molecule has 0 spiro atoms. The number of aromatic carboxylic acids is 1. The average Bonchev–Trinajstić information content (AvgIpc) is 2.36. The Hall–Kier alpha value is -2.37. The van der Waals surface area contributed by atoms with Crippen LogP contribution in [0.5, 0.6) is 11.6 Å². The normalized spacial score (nSPS) is 10.2. The highest BCUT2D eigenvalue weighted by molar-refractivity contribution is 5.93. The van der Waals surface area contributed by atoms with E-state index in [1.165, 1.54) is 14.2 Å². The number of carboxylic acids is 1. The molecule has 0 saturated heterocycles. The molecule has 0 fully saturated rings. The van der Waals surface area contributed by atoms with Gasteiger partial charge in [0.1, 0.15) is 11.1 Å². The van der Waals surface area contributed by atoms with Gasteiger partial charge >= 0.3 is 5.97 Å². The zero-order valence-electron chi connectivity index (χ0n) is 9.30. The van der Waals surface area contributed by atoms with Crippen LogP contribution in [0.2, 0.25) is 0 Å². The van der Waals surface area contributed by atoms with Crippen molar-refractivity contribution in [3.05, 3.63) is 24.0 Å². The quantitative estimate of drug-likeness (QED) is 0.863. The Morgan fingerprint density at radius 2 is 2.00 bits per heavy atom. The molecule has 0 saturated carbocycles. The molecule has 6 heteroatoms. The molecule has 1 aromatic heterocycles. The maximum atomic E-state index is 10.9. The summed E-state index contributed by atoms with van der Waals surface area (Å²) in [7, 11) is 2.93. The van der Waals surface area contributed by atoms with Crippen LogP contribution in [0.3, 0.4) is 0 Å². The topological polar surface area (TPSA) is 81.5 Å². The summed E-state index contributed by atoms with van der Waals surface area (Å²) in [6, 6.07) is 5.13. The third-order valence-corrected chi connectivity index (χ3v) is 2.26. The van der Waals surface area contributed by atoms with Gasteiger partial charge in [-0.05, 0) is 12.1 Å². The summed E-state index contributed by atoms with van der Waals surface area (Å²) in [5.74, 6) is -0.781. The standard InChI is InChI=1S/C11H10N2O4/c1-16-7-5-3-4-6-8(7)10(17-2)13-9(12-6)11(14)15/h3-5H,1-2H3,(H,14,15). The monoisotopic (exact) mass is 234 g/mol. The number of nitrogens with zero attached hydrogens (tertiary/aromatic N) is 2. The molecule has 0 unspecified atom stereocenters. The van der Waals surface area contributed by atoms with Gasteiger partial charge in [0.15, 0.2) is 0 Å². The molecule has 0 aliphatic carbocycles. The molecule has 0 aliphatic heterocycles. The third kappa shape index (κ3) is 1.84. The molecule has 2 aromatic rings. The van der Waals surface area contributed by atoms with E-state index in [9.17, 15) is 4.79 Å². The van der Waals surface area contributed by atoms with E-state index in [2.05, 4.69) is 9.97 Å². The van der Waals surface area contributed by atoms with Gasteiger partial charge in [-0.15, -0.1) is 0 Å². The summed E-state index contributed by atoms with van der Waals surface area (Å²) in [4.78, 5) is 18.6. The number of hydrogen-bond donors (Lipinski definition) is 1.